The number of hydrogen-bond donors (Lipinski definition) is 1. The van der Waals surface area contributed by atoms with Gasteiger partial charge in [0, 0.05) is 6.04 Å². The third-order valence-corrected chi connectivity index (χ3v) is 2.93. The van der Waals surface area contributed by atoms with E-state index in [9.17, 15) is 4.79 Å². The van der Waals surface area contributed by atoms with Crippen molar-refractivity contribution in [1.82, 2.24) is 5.32 Å². The van der Waals surface area contributed by atoms with Crippen LogP contribution >= 0.6 is 15.9 Å². The van der Waals surface area contributed by atoms with Gasteiger partial charge in [0.1, 0.15) is 0 Å². The van der Waals surface area contributed by atoms with E-state index in [2.05, 4.69) is 28.2 Å². The van der Waals surface area contributed by atoms with Crippen LogP contribution in [0.1, 0.15) is 40.0 Å². The Morgan fingerprint density at radius 2 is 2.08 bits per heavy atom. The zero-order chi connectivity index (χ0) is 10.1. The standard InChI is InChI=1S/C10H18BrNO/c1-7-4-5-8(6-7)12-9(13)10(2,3)11/h7-8H,4-6H2,1-3H3,(H,12,13). The van der Waals surface area contributed by atoms with E-state index < -0.39 is 4.32 Å². The van der Waals surface area contributed by atoms with Crippen molar-refractivity contribution in [2.45, 2.75) is 50.4 Å². The SMILES string of the molecule is CC1CCC(NC(=O)C(C)(C)Br)C1. The van der Waals surface area contributed by atoms with Crippen LogP contribution in [-0.2, 0) is 4.79 Å². The minimum atomic E-state index is -0.432. The second-order valence-corrected chi connectivity index (χ2v) is 6.54. The molecule has 1 aliphatic carbocycles. The molecule has 1 amide bonds. The number of carbonyl (C=O) groups excluding carboxylic acids is 1. The summed E-state index contributed by atoms with van der Waals surface area (Å²) in [6, 6.07) is 0.402. The number of alkyl halides is 1. The van der Waals surface area contributed by atoms with E-state index in [1.165, 1.54) is 6.42 Å². The Kier molecular flexibility index (Phi) is 3.38. The van der Waals surface area contributed by atoms with E-state index in [-0.39, 0.29) is 5.91 Å². The molecule has 76 valence electrons. The monoisotopic (exact) mass is 247 g/mol. The van der Waals surface area contributed by atoms with E-state index >= 15 is 0 Å². The first-order valence-electron chi connectivity index (χ1n) is 4.89. The summed E-state index contributed by atoms with van der Waals surface area (Å²) in [6.07, 6.45) is 3.51. The van der Waals surface area contributed by atoms with Gasteiger partial charge in [0.2, 0.25) is 5.91 Å². The van der Waals surface area contributed by atoms with Crippen LogP contribution in [0.2, 0.25) is 0 Å². The van der Waals surface area contributed by atoms with Crippen molar-refractivity contribution < 1.29 is 4.79 Å². The molecule has 0 saturated heterocycles. The highest BCUT2D eigenvalue weighted by atomic mass is 79.9. The maximum absolute atomic E-state index is 11.6. The molecule has 0 heterocycles. The largest absolute Gasteiger partial charge is 0.352 e. The Labute approximate surface area is 88.6 Å². The zero-order valence-corrected chi connectivity index (χ0v) is 10.1. The van der Waals surface area contributed by atoms with Crippen molar-refractivity contribution in [1.29, 1.82) is 0 Å². The number of rotatable bonds is 2. The normalized spacial score (nSPS) is 28.9. The van der Waals surface area contributed by atoms with Crippen LogP contribution in [-0.4, -0.2) is 16.3 Å². The van der Waals surface area contributed by atoms with Gasteiger partial charge in [0.15, 0.2) is 0 Å². The van der Waals surface area contributed by atoms with Gasteiger partial charge in [-0.3, -0.25) is 4.79 Å². The van der Waals surface area contributed by atoms with E-state index in [4.69, 9.17) is 0 Å². The molecule has 0 aliphatic heterocycles. The molecule has 2 nitrogen and oxygen atoms in total. The topological polar surface area (TPSA) is 29.1 Å². The fraction of sp³-hybridized carbons (Fsp3) is 0.900. The second kappa shape index (κ2) is 3.99. The Hall–Kier alpha value is -0.0500. The number of amides is 1. The zero-order valence-electron chi connectivity index (χ0n) is 8.56. The minimum absolute atomic E-state index is 0.103. The van der Waals surface area contributed by atoms with Gasteiger partial charge in [-0.1, -0.05) is 22.9 Å². The first-order valence-corrected chi connectivity index (χ1v) is 5.69. The predicted molar refractivity (Wildman–Crippen MR) is 58.0 cm³/mol. The van der Waals surface area contributed by atoms with Gasteiger partial charge in [-0.05, 0) is 39.0 Å². The summed E-state index contributed by atoms with van der Waals surface area (Å²) in [7, 11) is 0. The van der Waals surface area contributed by atoms with Crippen LogP contribution in [0.4, 0.5) is 0 Å². The molecule has 1 aliphatic rings. The maximum Gasteiger partial charge on any atom is 0.236 e. The summed E-state index contributed by atoms with van der Waals surface area (Å²) >= 11 is 3.35. The highest BCUT2D eigenvalue weighted by Crippen LogP contribution is 2.25. The van der Waals surface area contributed by atoms with Crippen LogP contribution in [0.3, 0.4) is 0 Å². The highest BCUT2D eigenvalue weighted by Gasteiger charge is 2.28. The molecule has 0 aromatic carbocycles. The van der Waals surface area contributed by atoms with Crippen LogP contribution in [0.5, 0.6) is 0 Å². The van der Waals surface area contributed by atoms with E-state index in [0.717, 1.165) is 18.8 Å². The average molecular weight is 248 g/mol. The van der Waals surface area contributed by atoms with Crippen LogP contribution < -0.4 is 5.32 Å². The quantitative estimate of drug-likeness (QED) is 0.747. The molecule has 1 N–H and O–H groups in total. The molecule has 1 saturated carbocycles. The van der Waals surface area contributed by atoms with Gasteiger partial charge in [0.05, 0.1) is 4.32 Å². The van der Waals surface area contributed by atoms with Crippen molar-refractivity contribution in [3.63, 3.8) is 0 Å². The van der Waals surface area contributed by atoms with Crippen molar-refractivity contribution in [3.8, 4) is 0 Å². The molecule has 1 rings (SSSR count). The predicted octanol–water partition coefficient (Wildman–Crippen LogP) is 2.46. The van der Waals surface area contributed by atoms with Gasteiger partial charge >= 0.3 is 0 Å². The lowest BCUT2D eigenvalue weighted by Crippen LogP contribution is -2.42. The Morgan fingerprint density at radius 3 is 2.46 bits per heavy atom. The second-order valence-electron chi connectivity index (χ2n) is 4.56. The summed E-state index contributed by atoms with van der Waals surface area (Å²) in [6.45, 7) is 5.99. The molecule has 0 spiro atoms. The third-order valence-electron chi connectivity index (χ3n) is 2.57. The molecule has 13 heavy (non-hydrogen) atoms. The fourth-order valence-corrected chi connectivity index (χ4v) is 1.81. The molecule has 2 atom stereocenters. The maximum atomic E-state index is 11.6. The van der Waals surface area contributed by atoms with Crippen molar-refractivity contribution in [2.75, 3.05) is 0 Å². The number of nitrogens with one attached hydrogen (secondary N) is 1. The van der Waals surface area contributed by atoms with Crippen LogP contribution in [0, 0.1) is 5.92 Å². The van der Waals surface area contributed by atoms with E-state index in [0.29, 0.717) is 6.04 Å². The van der Waals surface area contributed by atoms with Gasteiger partial charge in [-0.15, -0.1) is 0 Å². The first kappa shape index (κ1) is 11.0. The lowest BCUT2D eigenvalue weighted by atomic mass is 10.1. The summed E-state index contributed by atoms with van der Waals surface area (Å²) in [4.78, 5) is 11.6. The van der Waals surface area contributed by atoms with Gasteiger partial charge in [-0.2, -0.15) is 0 Å². The lowest BCUT2D eigenvalue weighted by molar-refractivity contribution is -0.123. The molecule has 0 aromatic rings. The van der Waals surface area contributed by atoms with Gasteiger partial charge in [-0.25, -0.2) is 0 Å². The first-order chi connectivity index (χ1) is 5.89. The van der Waals surface area contributed by atoms with E-state index in [1.54, 1.807) is 0 Å². The smallest absolute Gasteiger partial charge is 0.236 e. The summed E-state index contributed by atoms with van der Waals surface area (Å²) < 4.78 is -0.432. The minimum Gasteiger partial charge on any atom is -0.352 e. The van der Waals surface area contributed by atoms with Gasteiger partial charge < -0.3 is 5.32 Å². The van der Waals surface area contributed by atoms with Crippen LogP contribution in [0.15, 0.2) is 0 Å². The van der Waals surface area contributed by atoms with Gasteiger partial charge in [0.25, 0.3) is 0 Å². The molecule has 0 bridgehead atoms. The van der Waals surface area contributed by atoms with Crippen molar-refractivity contribution in [3.05, 3.63) is 0 Å². The molecule has 3 heteroatoms. The third kappa shape index (κ3) is 3.29. The Morgan fingerprint density at radius 1 is 1.46 bits per heavy atom. The number of halogens is 1. The lowest BCUT2D eigenvalue weighted by Gasteiger charge is -2.19. The number of carbonyl (C=O) groups is 1. The molecule has 2 unspecified atom stereocenters. The highest BCUT2D eigenvalue weighted by molar-refractivity contribution is 9.10. The van der Waals surface area contributed by atoms with Crippen LogP contribution in [0.25, 0.3) is 0 Å². The van der Waals surface area contributed by atoms with Crippen molar-refractivity contribution in [2.24, 2.45) is 5.92 Å². The molecular formula is C10H18BrNO. The fourth-order valence-electron chi connectivity index (χ4n) is 1.70. The Balaban J connectivity index is 2.37. The summed E-state index contributed by atoms with van der Waals surface area (Å²) in [5.41, 5.74) is 0. The summed E-state index contributed by atoms with van der Waals surface area (Å²) in [5.74, 6) is 0.871. The van der Waals surface area contributed by atoms with E-state index in [1.807, 2.05) is 13.8 Å². The number of hydrogen-bond acceptors (Lipinski definition) is 1. The average Bonchev–Trinajstić information content (AvgIpc) is 2.33. The molecular weight excluding hydrogens is 230 g/mol. The van der Waals surface area contributed by atoms with Crippen molar-refractivity contribution >= 4 is 21.8 Å². The molecule has 1 fully saturated rings. The molecule has 0 radical (unpaired) electrons. The summed E-state index contributed by atoms with van der Waals surface area (Å²) in [5, 5.41) is 3.06. The Bertz CT molecular complexity index is 198. The molecule has 0 aromatic heterocycles.